The molecule has 398 valence electrons. The maximum Gasteiger partial charge on any atom is 0.213 e. The first-order valence-electron chi connectivity index (χ1n) is 21.0. The zero-order valence-corrected chi connectivity index (χ0v) is 41.7. The third-order valence-electron chi connectivity index (χ3n) is 8.75. The van der Waals surface area contributed by atoms with Gasteiger partial charge in [-0.15, -0.1) is 15.1 Å². The van der Waals surface area contributed by atoms with Crippen LogP contribution in [0.3, 0.4) is 0 Å². The van der Waals surface area contributed by atoms with E-state index in [1.807, 2.05) is 0 Å². The molecule has 6 rings (SSSR count). The minimum absolute atomic E-state index is 0. The number of rotatable bonds is 18. The molecule has 6 aromatic rings. The van der Waals surface area contributed by atoms with Crippen molar-refractivity contribution in [3.8, 4) is 69.4 Å². The summed E-state index contributed by atoms with van der Waals surface area (Å²) < 4.78 is 50.4. The molecule has 0 atom stereocenters. The number of azo groups is 2. The van der Waals surface area contributed by atoms with Crippen molar-refractivity contribution >= 4 is 28.4 Å². The number of ether oxygens (including phenoxy) is 10. The molecule has 3 aromatic heterocycles. The number of methoxy groups -OCH3 is 10. The molecule has 0 amide bonds. The Balaban J connectivity index is 0.000000936. The number of nitrogens with two attached hydrogens (primary N) is 1. The number of pyridine rings is 3. The van der Waals surface area contributed by atoms with Crippen molar-refractivity contribution in [1.82, 2.24) is 15.0 Å². The smallest absolute Gasteiger partial charge is 0.213 e. The predicted molar refractivity (Wildman–Crippen MR) is 278 cm³/mol. The third-order valence-corrected chi connectivity index (χ3v) is 8.75. The molecule has 0 unspecified atom stereocenters. The summed E-state index contributed by atoms with van der Waals surface area (Å²) in [4.78, 5) is 25.5. The zero-order chi connectivity index (χ0) is 52.6. The SMILES string of the molecule is C.C.CC(C)CCON=O.COc1ccc(N)cn1.COc1ccc(N=Nc2cc(OC)c(O)c(OC)c2)cn1.COc1ccc(N=Nc2cc(OC)c(OC)c(OC)c2)cn1.COc1cccc(OC)c1O. The number of phenols is 2. The Bertz CT molecular complexity index is 2440. The second-order valence-corrected chi connectivity index (χ2v) is 13.8. The number of aromatic hydroxyl groups is 2. The fourth-order valence-corrected chi connectivity index (χ4v) is 5.07. The number of phenolic OH excluding ortho intramolecular Hbond substituents is 2. The first-order chi connectivity index (χ1) is 34.3. The van der Waals surface area contributed by atoms with Crippen LogP contribution in [0.15, 0.2) is 123 Å². The highest BCUT2D eigenvalue weighted by Crippen LogP contribution is 2.42. The fourth-order valence-electron chi connectivity index (χ4n) is 5.07. The van der Waals surface area contributed by atoms with Gasteiger partial charge < -0.3 is 68.2 Å². The van der Waals surface area contributed by atoms with Crippen molar-refractivity contribution in [3.05, 3.63) is 102 Å². The van der Waals surface area contributed by atoms with Gasteiger partial charge in [-0.3, -0.25) is 0 Å². The lowest BCUT2D eigenvalue weighted by molar-refractivity contribution is 0.128. The van der Waals surface area contributed by atoms with E-state index in [-0.39, 0.29) is 37.9 Å². The second kappa shape index (κ2) is 36.1. The number of aromatic nitrogens is 3. The lowest BCUT2D eigenvalue weighted by atomic mass is 10.1. The molecule has 0 fully saturated rings. The molecule has 0 aliphatic heterocycles. The average molecular weight is 1020 g/mol. The van der Waals surface area contributed by atoms with Gasteiger partial charge in [0.2, 0.25) is 34.9 Å². The van der Waals surface area contributed by atoms with E-state index >= 15 is 0 Å². The molecule has 73 heavy (non-hydrogen) atoms. The molecule has 0 spiro atoms. The van der Waals surface area contributed by atoms with Gasteiger partial charge in [-0.1, -0.05) is 34.8 Å². The van der Waals surface area contributed by atoms with E-state index in [9.17, 15) is 15.1 Å². The molecule has 0 aliphatic rings. The number of para-hydroxylation sites is 1. The highest BCUT2D eigenvalue weighted by atomic mass is 16.7. The molecular formula is C50H69N9O14. The molecule has 3 aromatic carbocycles. The molecule has 3 heterocycles. The summed E-state index contributed by atoms with van der Waals surface area (Å²) in [6, 6.07) is 21.9. The van der Waals surface area contributed by atoms with E-state index in [2.05, 4.69) is 59.4 Å². The first kappa shape index (κ1) is 64.1. The van der Waals surface area contributed by atoms with E-state index in [4.69, 9.17) is 53.1 Å². The van der Waals surface area contributed by atoms with Crippen LogP contribution in [0, 0.1) is 10.8 Å². The standard InChI is InChI=1S/C15H17N3O4.C14H15N3O4.C8H10O3.C6H8N2O.C5H11NO2.2CH4/c1-19-12-7-11(8-13(20-2)15(12)22-4)18-17-10-5-6-14(21-3)16-9-10;1-19-11-6-10(7-12(20-2)14(11)18)17-16-9-4-5-13(21-3)15-8-9;1-10-6-4-3-5-7(11-2)8(6)9;1-9-6-3-2-5(7)4-8-6;1-5(2)3-4-8-6-7;;/h5-9H,1-4H3;4-8,18H,1-3H3;3-5,9H,1-2H3;2-4H,7H2,1H3;5H,3-4H2,1-2H3;2*1H4. The van der Waals surface area contributed by atoms with Crippen LogP contribution < -0.4 is 53.1 Å². The molecular weight excluding hydrogens is 951 g/mol. The van der Waals surface area contributed by atoms with E-state index in [1.165, 1.54) is 34.6 Å². The Morgan fingerprint density at radius 2 is 0.849 bits per heavy atom. The van der Waals surface area contributed by atoms with Gasteiger partial charge in [0.05, 0.1) is 107 Å². The van der Waals surface area contributed by atoms with Gasteiger partial charge in [-0.25, -0.2) is 15.0 Å². The normalized spacial score (nSPS) is 9.77. The van der Waals surface area contributed by atoms with Crippen LogP contribution in [0.1, 0.15) is 35.1 Å². The largest absolute Gasteiger partial charge is 0.502 e. The zero-order valence-electron chi connectivity index (χ0n) is 41.7. The van der Waals surface area contributed by atoms with E-state index < -0.39 is 0 Å². The van der Waals surface area contributed by atoms with Crippen molar-refractivity contribution in [2.75, 3.05) is 83.4 Å². The van der Waals surface area contributed by atoms with Gasteiger partial charge in [0.15, 0.2) is 39.8 Å². The topological polar surface area (TPSA) is 286 Å². The Labute approximate surface area is 426 Å². The number of nitrogens with zero attached hydrogens (tertiary/aromatic N) is 8. The number of anilines is 1. The minimum atomic E-state index is -0.0786. The first-order valence-corrected chi connectivity index (χ1v) is 21.0. The van der Waals surface area contributed by atoms with Crippen LogP contribution in [-0.4, -0.2) is 103 Å². The lowest BCUT2D eigenvalue weighted by Crippen LogP contribution is -1.94. The van der Waals surface area contributed by atoms with Gasteiger partial charge in [0.25, 0.3) is 0 Å². The van der Waals surface area contributed by atoms with Crippen molar-refractivity contribution in [3.63, 3.8) is 0 Å². The quantitative estimate of drug-likeness (QED) is 0.0312. The Morgan fingerprint density at radius 3 is 1.16 bits per heavy atom. The van der Waals surface area contributed by atoms with Crippen LogP contribution in [0.4, 0.5) is 28.4 Å². The van der Waals surface area contributed by atoms with E-state index in [0.29, 0.717) is 87.3 Å². The molecule has 23 heteroatoms. The lowest BCUT2D eigenvalue weighted by Gasteiger charge is -2.12. The Kier molecular flexibility index (Phi) is 31.7. The molecule has 4 N–H and O–H groups in total. The van der Waals surface area contributed by atoms with E-state index in [1.54, 1.807) is 134 Å². The van der Waals surface area contributed by atoms with Gasteiger partial charge in [-0.2, -0.15) is 10.2 Å². The minimum Gasteiger partial charge on any atom is -0.502 e. The Morgan fingerprint density at radius 1 is 0.479 bits per heavy atom. The second-order valence-electron chi connectivity index (χ2n) is 13.8. The molecule has 0 bridgehead atoms. The van der Waals surface area contributed by atoms with Gasteiger partial charge in [0.1, 0.15) is 18.0 Å². The average Bonchev–Trinajstić information content (AvgIpc) is 3.40. The van der Waals surface area contributed by atoms with Gasteiger partial charge in [-0.05, 0) is 42.7 Å². The molecule has 0 saturated heterocycles. The number of benzene rings is 3. The van der Waals surface area contributed by atoms with Crippen LogP contribution in [0.25, 0.3) is 0 Å². The number of nitrogen functional groups attached to an aromatic ring is 1. The summed E-state index contributed by atoms with van der Waals surface area (Å²) in [5.41, 5.74) is 8.25. The van der Waals surface area contributed by atoms with Crippen LogP contribution >= 0.6 is 0 Å². The summed E-state index contributed by atoms with van der Waals surface area (Å²) in [5.74, 6) is 5.06. The van der Waals surface area contributed by atoms with Crippen LogP contribution in [-0.2, 0) is 4.84 Å². The Hall–Kier alpha value is -8.89. The monoisotopic (exact) mass is 1020 g/mol. The molecule has 0 saturated carbocycles. The maximum atomic E-state index is 9.81. The number of hydrogen-bond acceptors (Lipinski definition) is 23. The van der Waals surface area contributed by atoms with Crippen molar-refractivity contribution in [1.29, 1.82) is 0 Å². The molecule has 23 nitrogen and oxygen atoms in total. The van der Waals surface area contributed by atoms with Crippen LogP contribution in [0.2, 0.25) is 0 Å². The van der Waals surface area contributed by atoms with Gasteiger partial charge >= 0.3 is 0 Å². The van der Waals surface area contributed by atoms with Crippen molar-refractivity contribution in [2.45, 2.75) is 35.1 Å². The predicted octanol–water partition coefficient (Wildman–Crippen LogP) is 11.8. The highest BCUT2D eigenvalue weighted by Gasteiger charge is 2.14. The van der Waals surface area contributed by atoms with Crippen LogP contribution in [0.5, 0.6) is 69.4 Å². The fraction of sp³-hybridized carbons (Fsp3) is 0.340. The summed E-state index contributed by atoms with van der Waals surface area (Å²) in [6.07, 6.45) is 5.56. The summed E-state index contributed by atoms with van der Waals surface area (Å²) in [5, 5.41) is 37.8. The number of hydrogen-bond donors (Lipinski definition) is 3. The summed E-state index contributed by atoms with van der Waals surface area (Å²) in [6.45, 7) is 4.57. The van der Waals surface area contributed by atoms with Crippen molar-refractivity contribution in [2.24, 2.45) is 31.7 Å². The van der Waals surface area contributed by atoms with Gasteiger partial charge in [0, 0.05) is 42.5 Å². The summed E-state index contributed by atoms with van der Waals surface area (Å²) >= 11 is 0. The molecule has 0 aliphatic carbocycles. The third kappa shape index (κ3) is 22.6. The molecule has 0 radical (unpaired) electrons. The van der Waals surface area contributed by atoms with Crippen molar-refractivity contribution < 1.29 is 62.4 Å². The maximum absolute atomic E-state index is 9.81. The summed E-state index contributed by atoms with van der Waals surface area (Å²) in [7, 11) is 15.2. The van der Waals surface area contributed by atoms with E-state index in [0.717, 1.165) is 6.42 Å². The highest BCUT2D eigenvalue weighted by molar-refractivity contribution is 5.61.